The highest BCUT2D eigenvalue weighted by atomic mass is 32.1. The van der Waals surface area contributed by atoms with Gasteiger partial charge in [0.2, 0.25) is 0 Å². The molecule has 0 unspecified atom stereocenters. The molecule has 0 atom stereocenters. The first-order valence-corrected chi connectivity index (χ1v) is 10.3. The molecule has 0 aliphatic carbocycles. The number of hydrogen-bond donors (Lipinski definition) is 1. The van der Waals surface area contributed by atoms with Crippen LogP contribution < -0.4 is 5.32 Å². The van der Waals surface area contributed by atoms with Gasteiger partial charge in [0.25, 0.3) is 5.91 Å². The fourth-order valence-electron chi connectivity index (χ4n) is 3.31. The van der Waals surface area contributed by atoms with Crippen molar-refractivity contribution >= 4 is 34.0 Å². The Bertz CT molecular complexity index is 1340. The minimum Gasteiger partial charge on any atom is -0.321 e. The number of aryl methyl sites for hydroxylation is 1. The summed E-state index contributed by atoms with van der Waals surface area (Å²) in [5, 5.41) is 4.91. The van der Waals surface area contributed by atoms with Crippen molar-refractivity contribution in [2.75, 3.05) is 5.32 Å². The minimum atomic E-state index is -0.208. The molecule has 6 nitrogen and oxygen atoms in total. The highest BCUT2D eigenvalue weighted by molar-refractivity contribution is 7.13. The van der Waals surface area contributed by atoms with E-state index in [-0.39, 0.29) is 5.91 Å². The maximum Gasteiger partial charge on any atom is 0.257 e. The van der Waals surface area contributed by atoms with Crippen molar-refractivity contribution in [3.8, 4) is 16.4 Å². The third-order valence-corrected chi connectivity index (χ3v) is 5.70. The lowest BCUT2D eigenvalue weighted by atomic mass is 10.1. The third-order valence-electron chi connectivity index (χ3n) is 4.81. The number of imidazole rings is 1. The molecule has 0 bridgehead atoms. The van der Waals surface area contributed by atoms with Crippen LogP contribution in [-0.4, -0.2) is 25.4 Å². The molecule has 5 aromatic rings. The number of fused-ring (bicyclic) bond motifs is 1. The third kappa shape index (κ3) is 3.35. The van der Waals surface area contributed by atoms with E-state index < -0.39 is 0 Å². The van der Waals surface area contributed by atoms with Gasteiger partial charge in [-0.3, -0.25) is 14.3 Å². The summed E-state index contributed by atoms with van der Waals surface area (Å²) in [7, 11) is 0. The maximum atomic E-state index is 12.7. The summed E-state index contributed by atoms with van der Waals surface area (Å²) in [6, 6.07) is 19.3. The van der Waals surface area contributed by atoms with E-state index >= 15 is 0 Å². The van der Waals surface area contributed by atoms with E-state index in [0.29, 0.717) is 16.9 Å². The van der Waals surface area contributed by atoms with Gasteiger partial charge in [0.15, 0.2) is 0 Å². The van der Waals surface area contributed by atoms with E-state index in [9.17, 15) is 4.79 Å². The predicted octanol–water partition coefficient (Wildman–Crippen LogP) is 5.10. The largest absolute Gasteiger partial charge is 0.321 e. The molecule has 0 aliphatic rings. The van der Waals surface area contributed by atoms with Gasteiger partial charge in [0, 0.05) is 0 Å². The van der Waals surface area contributed by atoms with Crippen molar-refractivity contribution in [1.82, 2.24) is 19.5 Å². The second-order valence-corrected chi connectivity index (χ2v) is 7.72. The zero-order chi connectivity index (χ0) is 20.5. The Kier molecular flexibility index (Phi) is 4.57. The number of hydrogen-bond acceptors (Lipinski definition) is 5. The van der Waals surface area contributed by atoms with Crippen molar-refractivity contribution in [3.05, 3.63) is 89.8 Å². The van der Waals surface area contributed by atoms with Crippen molar-refractivity contribution in [2.24, 2.45) is 0 Å². The number of nitrogens with one attached hydrogen (secondary N) is 1. The van der Waals surface area contributed by atoms with Crippen LogP contribution in [0, 0.1) is 6.92 Å². The molecule has 0 fully saturated rings. The molecule has 4 heterocycles. The van der Waals surface area contributed by atoms with Gasteiger partial charge >= 0.3 is 0 Å². The Morgan fingerprint density at radius 1 is 1.00 bits per heavy atom. The van der Waals surface area contributed by atoms with E-state index in [1.807, 2.05) is 77.5 Å². The van der Waals surface area contributed by atoms with E-state index in [2.05, 4.69) is 20.3 Å². The van der Waals surface area contributed by atoms with Crippen molar-refractivity contribution in [1.29, 1.82) is 0 Å². The fraction of sp³-hybridized carbons (Fsp3) is 0.0435. The van der Waals surface area contributed by atoms with Crippen LogP contribution in [0.15, 0.2) is 78.6 Å². The molecule has 1 aromatic carbocycles. The van der Waals surface area contributed by atoms with Gasteiger partial charge in [-0.2, -0.15) is 0 Å². The standard InChI is InChI=1S/C23H17N5OS/c1-15-17(9-10-19(26-15)21-7-4-12-30-21)23(29)27-16-8-11-22(24-13-16)28-14-25-18-5-2-3-6-20(18)28/h2-14H,1H3,(H,27,29). The Morgan fingerprint density at radius 3 is 2.67 bits per heavy atom. The van der Waals surface area contributed by atoms with Gasteiger partial charge in [-0.15, -0.1) is 11.3 Å². The Labute approximate surface area is 176 Å². The second kappa shape index (κ2) is 7.53. The number of nitrogens with zero attached hydrogens (tertiary/aromatic N) is 4. The van der Waals surface area contributed by atoms with Gasteiger partial charge in [-0.25, -0.2) is 9.97 Å². The number of benzene rings is 1. The van der Waals surface area contributed by atoms with Crippen LogP contribution >= 0.6 is 11.3 Å². The quantitative estimate of drug-likeness (QED) is 0.446. The lowest BCUT2D eigenvalue weighted by Gasteiger charge is -2.09. The summed E-state index contributed by atoms with van der Waals surface area (Å²) in [6.07, 6.45) is 3.39. The average molecular weight is 411 g/mol. The first-order valence-electron chi connectivity index (χ1n) is 9.40. The highest BCUT2D eigenvalue weighted by Gasteiger charge is 2.13. The molecule has 0 radical (unpaired) electrons. The molecular formula is C23H17N5OS. The minimum absolute atomic E-state index is 0.208. The molecule has 1 amide bonds. The van der Waals surface area contributed by atoms with Gasteiger partial charge in [-0.1, -0.05) is 18.2 Å². The number of thiophene rings is 1. The summed E-state index contributed by atoms with van der Waals surface area (Å²) in [5.74, 6) is 0.528. The number of pyridine rings is 2. The van der Waals surface area contributed by atoms with E-state index in [4.69, 9.17) is 0 Å². The number of amides is 1. The smallest absolute Gasteiger partial charge is 0.257 e. The molecule has 1 N–H and O–H groups in total. The molecule has 30 heavy (non-hydrogen) atoms. The van der Waals surface area contributed by atoms with Crippen LogP contribution in [0.3, 0.4) is 0 Å². The van der Waals surface area contributed by atoms with Gasteiger partial charge in [-0.05, 0) is 54.8 Å². The van der Waals surface area contributed by atoms with E-state index in [1.54, 1.807) is 23.9 Å². The number of carbonyl (C=O) groups excluding carboxylic acids is 1. The lowest BCUT2D eigenvalue weighted by molar-refractivity contribution is 0.102. The molecule has 0 saturated heterocycles. The zero-order valence-electron chi connectivity index (χ0n) is 16.1. The van der Waals surface area contributed by atoms with Crippen LogP contribution in [0.25, 0.3) is 27.4 Å². The van der Waals surface area contributed by atoms with Crippen molar-refractivity contribution in [2.45, 2.75) is 6.92 Å². The van der Waals surface area contributed by atoms with Crippen molar-refractivity contribution in [3.63, 3.8) is 0 Å². The second-order valence-electron chi connectivity index (χ2n) is 6.77. The number of para-hydroxylation sites is 2. The van der Waals surface area contributed by atoms with Gasteiger partial charge in [0.1, 0.15) is 12.1 Å². The molecule has 0 aliphatic heterocycles. The number of aromatic nitrogens is 4. The van der Waals surface area contributed by atoms with Gasteiger partial charge < -0.3 is 5.32 Å². The van der Waals surface area contributed by atoms with Crippen LogP contribution in [0.5, 0.6) is 0 Å². The van der Waals surface area contributed by atoms with Crippen LogP contribution in [0.4, 0.5) is 5.69 Å². The first kappa shape index (κ1) is 18.2. The summed E-state index contributed by atoms with van der Waals surface area (Å²) >= 11 is 1.62. The summed E-state index contributed by atoms with van der Waals surface area (Å²) in [5.41, 5.74) is 4.61. The Hall–Kier alpha value is -3.84. The summed E-state index contributed by atoms with van der Waals surface area (Å²) < 4.78 is 1.91. The highest BCUT2D eigenvalue weighted by Crippen LogP contribution is 2.24. The van der Waals surface area contributed by atoms with Crippen LogP contribution in [0.2, 0.25) is 0 Å². The molecular weight excluding hydrogens is 394 g/mol. The molecule has 7 heteroatoms. The van der Waals surface area contributed by atoms with Crippen molar-refractivity contribution < 1.29 is 4.79 Å². The molecule has 4 aromatic heterocycles. The zero-order valence-corrected chi connectivity index (χ0v) is 16.9. The molecule has 0 spiro atoms. The monoisotopic (exact) mass is 411 g/mol. The molecule has 5 rings (SSSR count). The van der Waals surface area contributed by atoms with Crippen LogP contribution in [0.1, 0.15) is 16.1 Å². The molecule has 146 valence electrons. The lowest BCUT2D eigenvalue weighted by Crippen LogP contribution is -2.14. The topological polar surface area (TPSA) is 72.7 Å². The number of anilines is 1. The number of rotatable bonds is 4. The number of carbonyl (C=O) groups is 1. The Balaban J connectivity index is 1.35. The normalized spacial score (nSPS) is 11.0. The first-order chi connectivity index (χ1) is 14.7. The SMILES string of the molecule is Cc1nc(-c2cccs2)ccc1C(=O)Nc1ccc(-n2cnc3ccccc32)nc1. The van der Waals surface area contributed by atoms with Crippen LogP contribution in [-0.2, 0) is 0 Å². The summed E-state index contributed by atoms with van der Waals surface area (Å²) in [6.45, 7) is 1.84. The Morgan fingerprint density at radius 2 is 1.90 bits per heavy atom. The van der Waals surface area contributed by atoms with Gasteiger partial charge in [0.05, 0.1) is 44.7 Å². The maximum absolute atomic E-state index is 12.7. The predicted molar refractivity (Wildman–Crippen MR) is 119 cm³/mol. The van der Waals surface area contributed by atoms with E-state index in [0.717, 1.165) is 27.4 Å². The molecule has 0 saturated carbocycles. The average Bonchev–Trinajstić information content (AvgIpc) is 3.44. The summed E-state index contributed by atoms with van der Waals surface area (Å²) in [4.78, 5) is 27.3. The van der Waals surface area contributed by atoms with E-state index in [1.165, 1.54) is 0 Å². The fourth-order valence-corrected chi connectivity index (χ4v) is 4.00.